The summed E-state index contributed by atoms with van der Waals surface area (Å²) in [6.07, 6.45) is 0. The number of hydrogen-bond acceptors (Lipinski definition) is 4. The van der Waals surface area contributed by atoms with Crippen LogP contribution in [-0.4, -0.2) is 12.6 Å². The van der Waals surface area contributed by atoms with Crippen LogP contribution in [0.2, 0.25) is 5.02 Å². The second-order valence-corrected chi connectivity index (χ2v) is 4.71. The van der Waals surface area contributed by atoms with Crippen LogP contribution in [0.25, 0.3) is 0 Å². The topological polar surface area (TPSA) is 64.3 Å². The number of esters is 1. The van der Waals surface area contributed by atoms with Crippen molar-refractivity contribution in [2.45, 2.75) is 6.92 Å². The number of benzene rings is 2. The number of hydrogen-bond donors (Lipinski definition) is 2. The van der Waals surface area contributed by atoms with Crippen molar-refractivity contribution in [1.82, 2.24) is 0 Å². The minimum atomic E-state index is -0.472. The van der Waals surface area contributed by atoms with E-state index in [1.807, 2.05) is 0 Å². The lowest BCUT2D eigenvalue weighted by Crippen LogP contribution is -2.06. The van der Waals surface area contributed by atoms with Crippen molar-refractivity contribution in [3.63, 3.8) is 0 Å². The normalized spacial score (nSPS) is 10.2. The molecule has 0 radical (unpaired) electrons. The van der Waals surface area contributed by atoms with Crippen molar-refractivity contribution in [3.8, 4) is 0 Å². The summed E-state index contributed by atoms with van der Waals surface area (Å²) in [7, 11) is 0. The van der Waals surface area contributed by atoms with Crippen molar-refractivity contribution < 1.29 is 13.9 Å². The molecule has 3 N–H and O–H groups in total. The standard InChI is InChI=1S/C15H14ClFN2O2/c1-2-21-15(20)9-3-6-12(18)14(7-9)19-13-8-10(16)4-5-11(13)17/h3-8,19H,2,18H2,1H3. The molecule has 0 aliphatic carbocycles. The molecule has 0 unspecified atom stereocenters. The Morgan fingerprint density at radius 1 is 1.29 bits per heavy atom. The van der Waals surface area contributed by atoms with Crippen molar-refractivity contribution in [1.29, 1.82) is 0 Å². The number of anilines is 3. The van der Waals surface area contributed by atoms with Gasteiger partial charge in [0.15, 0.2) is 0 Å². The molecule has 0 spiro atoms. The molecule has 0 bridgehead atoms. The molecule has 110 valence electrons. The Morgan fingerprint density at radius 2 is 2.05 bits per heavy atom. The number of nitrogens with two attached hydrogens (primary N) is 1. The smallest absolute Gasteiger partial charge is 0.338 e. The first-order valence-electron chi connectivity index (χ1n) is 6.30. The Balaban J connectivity index is 2.33. The van der Waals surface area contributed by atoms with Gasteiger partial charge in [0, 0.05) is 5.02 Å². The monoisotopic (exact) mass is 308 g/mol. The number of carbonyl (C=O) groups excluding carboxylic acids is 1. The molecule has 2 rings (SSSR count). The van der Waals surface area contributed by atoms with Gasteiger partial charge in [-0.05, 0) is 43.3 Å². The fourth-order valence-electron chi connectivity index (χ4n) is 1.74. The molecule has 2 aromatic carbocycles. The Labute approximate surface area is 126 Å². The summed E-state index contributed by atoms with van der Waals surface area (Å²) >= 11 is 5.83. The average Bonchev–Trinajstić information content (AvgIpc) is 2.45. The second kappa shape index (κ2) is 6.45. The highest BCUT2D eigenvalue weighted by atomic mass is 35.5. The van der Waals surface area contributed by atoms with Gasteiger partial charge in [0.25, 0.3) is 0 Å². The van der Waals surface area contributed by atoms with Crippen LogP contribution in [0.5, 0.6) is 0 Å². The molecule has 0 fully saturated rings. The fourth-order valence-corrected chi connectivity index (χ4v) is 1.92. The van der Waals surface area contributed by atoms with E-state index in [9.17, 15) is 9.18 Å². The van der Waals surface area contributed by atoms with E-state index in [4.69, 9.17) is 22.1 Å². The van der Waals surface area contributed by atoms with Gasteiger partial charge in [0.1, 0.15) is 5.82 Å². The van der Waals surface area contributed by atoms with E-state index in [-0.39, 0.29) is 12.3 Å². The summed E-state index contributed by atoms with van der Waals surface area (Å²) in [5.74, 6) is -0.938. The lowest BCUT2D eigenvalue weighted by Gasteiger charge is -2.12. The molecule has 6 heteroatoms. The maximum Gasteiger partial charge on any atom is 0.338 e. The van der Waals surface area contributed by atoms with E-state index in [1.165, 1.54) is 24.3 Å². The maximum absolute atomic E-state index is 13.7. The Bertz CT molecular complexity index is 677. The van der Waals surface area contributed by atoms with Gasteiger partial charge in [-0.2, -0.15) is 0 Å². The third-order valence-corrected chi connectivity index (χ3v) is 3.00. The quantitative estimate of drug-likeness (QED) is 0.662. The van der Waals surface area contributed by atoms with Crippen LogP contribution in [0.1, 0.15) is 17.3 Å². The van der Waals surface area contributed by atoms with Crippen molar-refractivity contribution in [2.75, 3.05) is 17.7 Å². The number of nitrogens with one attached hydrogen (secondary N) is 1. The predicted octanol–water partition coefficient (Wildman–Crippen LogP) is 3.98. The molecule has 2 aromatic rings. The van der Waals surface area contributed by atoms with E-state index < -0.39 is 11.8 Å². The molecule has 21 heavy (non-hydrogen) atoms. The lowest BCUT2D eigenvalue weighted by molar-refractivity contribution is 0.0526. The number of rotatable bonds is 4. The average molecular weight is 309 g/mol. The van der Waals surface area contributed by atoms with Crippen molar-refractivity contribution in [3.05, 3.63) is 52.8 Å². The largest absolute Gasteiger partial charge is 0.462 e. The van der Waals surface area contributed by atoms with Crippen LogP contribution in [0.3, 0.4) is 0 Å². The molecule has 0 heterocycles. The summed E-state index contributed by atoms with van der Waals surface area (Å²) in [6, 6.07) is 8.74. The third kappa shape index (κ3) is 3.64. The van der Waals surface area contributed by atoms with E-state index in [2.05, 4.69) is 5.32 Å². The predicted molar refractivity (Wildman–Crippen MR) is 81.5 cm³/mol. The SMILES string of the molecule is CCOC(=O)c1ccc(N)c(Nc2cc(Cl)ccc2F)c1. The Kier molecular flexibility index (Phi) is 4.65. The van der Waals surface area contributed by atoms with Crippen molar-refractivity contribution in [2.24, 2.45) is 0 Å². The highest BCUT2D eigenvalue weighted by Crippen LogP contribution is 2.28. The molecular formula is C15H14ClFN2O2. The van der Waals surface area contributed by atoms with E-state index in [0.717, 1.165) is 0 Å². The molecule has 0 aliphatic rings. The van der Waals surface area contributed by atoms with Crippen LogP contribution in [0.15, 0.2) is 36.4 Å². The molecular weight excluding hydrogens is 295 g/mol. The zero-order valence-corrected chi connectivity index (χ0v) is 12.1. The first-order chi connectivity index (χ1) is 10.0. The number of carbonyl (C=O) groups is 1. The minimum absolute atomic E-state index is 0.176. The summed E-state index contributed by atoms with van der Waals surface area (Å²) in [4.78, 5) is 11.7. The third-order valence-electron chi connectivity index (χ3n) is 2.76. The van der Waals surface area contributed by atoms with Gasteiger partial charge >= 0.3 is 5.97 Å². The van der Waals surface area contributed by atoms with Crippen LogP contribution in [-0.2, 0) is 4.74 Å². The lowest BCUT2D eigenvalue weighted by atomic mass is 10.1. The molecule has 0 atom stereocenters. The van der Waals surface area contributed by atoms with Gasteiger partial charge in [-0.3, -0.25) is 0 Å². The first kappa shape index (κ1) is 15.1. The molecule has 0 aliphatic heterocycles. The van der Waals surface area contributed by atoms with Gasteiger partial charge < -0.3 is 15.8 Å². The van der Waals surface area contributed by atoms with Gasteiger partial charge in [0.05, 0.1) is 29.2 Å². The van der Waals surface area contributed by atoms with Crippen molar-refractivity contribution >= 4 is 34.6 Å². The summed E-state index contributed by atoms with van der Waals surface area (Å²) in [5.41, 5.74) is 7.12. The molecule has 4 nitrogen and oxygen atoms in total. The van der Waals surface area contributed by atoms with Crippen LogP contribution in [0, 0.1) is 5.82 Å². The number of halogens is 2. The van der Waals surface area contributed by atoms with Gasteiger partial charge in [-0.1, -0.05) is 11.6 Å². The van der Waals surface area contributed by atoms with Crippen LogP contribution < -0.4 is 11.1 Å². The fraction of sp³-hybridized carbons (Fsp3) is 0.133. The summed E-state index contributed by atoms with van der Waals surface area (Å²) < 4.78 is 18.6. The van der Waals surface area contributed by atoms with Crippen LogP contribution >= 0.6 is 11.6 Å². The molecule has 0 aromatic heterocycles. The van der Waals surface area contributed by atoms with Gasteiger partial charge in [0.2, 0.25) is 0 Å². The van der Waals surface area contributed by atoms with E-state index in [1.54, 1.807) is 19.1 Å². The van der Waals surface area contributed by atoms with E-state index >= 15 is 0 Å². The molecule has 0 amide bonds. The van der Waals surface area contributed by atoms with Gasteiger partial charge in [-0.15, -0.1) is 0 Å². The summed E-state index contributed by atoms with van der Waals surface area (Å²) in [6.45, 7) is 1.99. The van der Waals surface area contributed by atoms with Gasteiger partial charge in [-0.25, -0.2) is 9.18 Å². The van der Waals surface area contributed by atoms with Crippen LogP contribution in [0.4, 0.5) is 21.5 Å². The number of nitrogen functional groups attached to an aromatic ring is 1. The molecule has 0 saturated heterocycles. The summed E-state index contributed by atoms with van der Waals surface area (Å²) in [5, 5.41) is 3.21. The first-order valence-corrected chi connectivity index (χ1v) is 6.67. The number of ether oxygens (including phenoxy) is 1. The molecule has 0 saturated carbocycles. The highest BCUT2D eigenvalue weighted by molar-refractivity contribution is 6.30. The second-order valence-electron chi connectivity index (χ2n) is 4.27. The zero-order valence-electron chi connectivity index (χ0n) is 11.3. The van der Waals surface area contributed by atoms with E-state index in [0.29, 0.717) is 22.0 Å². The Morgan fingerprint density at radius 3 is 2.76 bits per heavy atom. The minimum Gasteiger partial charge on any atom is -0.462 e. The zero-order chi connectivity index (χ0) is 15.4. The maximum atomic E-state index is 13.7. The Hall–Kier alpha value is -2.27. The highest BCUT2D eigenvalue weighted by Gasteiger charge is 2.11.